The van der Waals surface area contributed by atoms with Crippen LogP contribution in [0.4, 0.5) is 0 Å². The summed E-state index contributed by atoms with van der Waals surface area (Å²) in [5, 5.41) is 66.7. The Morgan fingerprint density at radius 3 is 1.11 bits per heavy atom. The minimum atomic E-state index is -1.16. The maximum absolute atomic E-state index is 10.6. The smallest absolute Gasteiger partial charge is 0.317 e. The van der Waals surface area contributed by atoms with Crippen LogP contribution in [0.3, 0.4) is 0 Å². The average molecular weight is 563 g/mol. The van der Waals surface area contributed by atoms with E-state index >= 15 is 0 Å². The SMILES string of the molecule is CC(=O)O.CC(=O)O.CC(=O)O.CCN(O)CCN.O=C(O)CN(CCO)CCN(CC(=O)O)CC(=O)O. The fraction of sp³-hybridized carbons (Fsp3) is 0.700. The number of hydroxylamine groups is 2. The third kappa shape index (κ3) is 69.8. The van der Waals surface area contributed by atoms with Gasteiger partial charge in [0.25, 0.3) is 17.9 Å². The van der Waals surface area contributed by atoms with Gasteiger partial charge in [-0.1, -0.05) is 6.92 Å². The zero-order valence-electron chi connectivity index (χ0n) is 22.0. The van der Waals surface area contributed by atoms with E-state index in [2.05, 4.69) is 0 Å². The molecule has 226 valence electrons. The molecule has 0 saturated carbocycles. The van der Waals surface area contributed by atoms with E-state index in [-0.39, 0.29) is 32.8 Å². The lowest BCUT2D eigenvalue weighted by molar-refractivity contribution is -0.143. The number of hydrogen-bond acceptors (Lipinski definition) is 12. The summed E-state index contributed by atoms with van der Waals surface area (Å²) < 4.78 is 0. The van der Waals surface area contributed by atoms with Gasteiger partial charge in [-0.15, -0.1) is 0 Å². The molecule has 0 atom stereocenters. The minimum absolute atomic E-state index is 0.0892. The molecule has 0 rings (SSSR count). The first kappa shape index (κ1) is 44.6. The Morgan fingerprint density at radius 1 is 0.605 bits per heavy atom. The number of rotatable bonds is 14. The Balaban J connectivity index is -0.000000155. The number of aliphatic carboxylic acids is 6. The van der Waals surface area contributed by atoms with Crippen LogP contribution in [0.15, 0.2) is 0 Å². The van der Waals surface area contributed by atoms with Crippen LogP contribution in [-0.4, -0.2) is 157 Å². The van der Waals surface area contributed by atoms with E-state index in [1.165, 1.54) is 14.9 Å². The molecule has 18 heteroatoms. The summed E-state index contributed by atoms with van der Waals surface area (Å²) >= 11 is 0. The normalized spacial score (nSPS) is 9.32. The molecule has 0 aromatic carbocycles. The van der Waals surface area contributed by atoms with E-state index in [0.29, 0.717) is 19.6 Å². The van der Waals surface area contributed by atoms with Crippen LogP contribution in [0.1, 0.15) is 27.7 Å². The highest BCUT2D eigenvalue weighted by Crippen LogP contribution is 1.93. The van der Waals surface area contributed by atoms with Crippen LogP contribution in [0.2, 0.25) is 0 Å². The van der Waals surface area contributed by atoms with Crippen molar-refractivity contribution in [2.45, 2.75) is 27.7 Å². The summed E-state index contributed by atoms with van der Waals surface area (Å²) in [5.41, 5.74) is 5.10. The van der Waals surface area contributed by atoms with Crippen molar-refractivity contribution in [3.05, 3.63) is 0 Å². The molecule has 0 aliphatic heterocycles. The number of nitrogens with zero attached hydrogens (tertiary/aromatic N) is 3. The average Bonchev–Trinajstić information content (AvgIpc) is 2.70. The summed E-state index contributed by atoms with van der Waals surface area (Å²) in [6.45, 7) is 5.83. The summed E-state index contributed by atoms with van der Waals surface area (Å²) in [6.07, 6.45) is 0. The van der Waals surface area contributed by atoms with Gasteiger partial charge < -0.3 is 46.7 Å². The Hall–Kier alpha value is -3.42. The number of carboxylic acid groups (broad SMARTS) is 6. The Morgan fingerprint density at radius 2 is 0.895 bits per heavy atom. The van der Waals surface area contributed by atoms with Crippen molar-refractivity contribution in [3.8, 4) is 0 Å². The predicted octanol–water partition coefficient (Wildman–Crippen LogP) is -2.23. The van der Waals surface area contributed by atoms with Gasteiger partial charge in [-0.2, -0.15) is 5.06 Å². The van der Waals surface area contributed by atoms with Gasteiger partial charge in [0.1, 0.15) is 0 Å². The van der Waals surface area contributed by atoms with Crippen molar-refractivity contribution < 1.29 is 69.7 Å². The van der Waals surface area contributed by atoms with Gasteiger partial charge >= 0.3 is 17.9 Å². The minimum Gasteiger partial charge on any atom is -0.481 e. The third-order valence-corrected chi connectivity index (χ3v) is 2.98. The molecule has 0 heterocycles. The summed E-state index contributed by atoms with van der Waals surface area (Å²) in [5.74, 6) is -5.89. The lowest BCUT2D eigenvalue weighted by atomic mass is 10.4. The maximum atomic E-state index is 10.6. The maximum Gasteiger partial charge on any atom is 0.317 e. The van der Waals surface area contributed by atoms with E-state index in [9.17, 15) is 14.4 Å². The standard InChI is InChI=1S/C10H18N2O7.C4H12N2O.3C2H4O2/c13-4-3-11(5-8(14)15)1-2-12(6-9(16)17)7-10(18)19;1-2-6(7)4-3-5;3*1-2(3)4/h13H,1-7H2,(H,14,15)(H,16,17)(H,18,19);7H,2-5H2,1H3;3*1H3,(H,3,4). The van der Waals surface area contributed by atoms with E-state index < -0.39 is 48.9 Å². The van der Waals surface area contributed by atoms with Gasteiger partial charge in [0.15, 0.2) is 0 Å². The van der Waals surface area contributed by atoms with E-state index in [1.54, 1.807) is 0 Å². The zero-order valence-corrected chi connectivity index (χ0v) is 22.0. The molecular weight excluding hydrogens is 520 g/mol. The van der Waals surface area contributed by atoms with Gasteiger partial charge in [-0.25, -0.2) is 0 Å². The van der Waals surface area contributed by atoms with Crippen molar-refractivity contribution in [1.82, 2.24) is 14.9 Å². The summed E-state index contributed by atoms with van der Waals surface area (Å²) in [4.78, 5) is 61.3. The fourth-order valence-electron chi connectivity index (χ4n) is 1.79. The molecule has 0 saturated heterocycles. The number of nitrogens with two attached hydrogens (primary N) is 1. The zero-order chi connectivity index (χ0) is 31.3. The number of carboxylic acids is 6. The number of aliphatic hydroxyl groups excluding tert-OH is 1. The second kappa shape index (κ2) is 31.6. The van der Waals surface area contributed by atoms with Gasteiger partial charge in [0.2, 0.25) is 0 Å². The first-order valence-electron chi connectivity index (χ1n) is 10.8. The Labute approximate surface area is 220 Å². The van der Waals surface area contributed by atoms with E-state index in [0.717, 1.165) is 20.8 Å². The molecule has 0 unspecified atom stereocenters. The second-order valence-corrected chi connectivity index (χ2v) is 6.78. The van der Waals surface area contributed by atoms with Crippen LogP contribution < -0.4 is 5.73 Å². The first-order chi connectivity index (χ1) is 17.3. The molecule has 0 bridgehead atoms. The molecule has 10 N–H and O–H groups in total. The molecule has 0 aliphatic carbocycles. The summed E-state index contributed by atoms with van der Waals surface area (Å²) in [7, 11) is 0. The van der Waals surface area contributed by atoms with Gasteiger partial charge in [0.05, 0.1) is 26.2 Å². The molecule has 18 nitrogen and oxygen atoms in total. The second-order valence-electron chi connectivity index (χ2n) is 6.78. The van der Waals surface area contributed by atoms with Gasteiger partial charge in [0, 0.05) is 60.0 Å². The van der Waals surface area contributed by atoms with Crippen molar-refractivity contribution in [1.29, 1.82) is 0 Å². The van der Waals surface area contributed by atoms with Crippen LogP contribution >= 0.6 is 0 Å². The number of aliphatic hydroxyl groups is 1. The highest BCUT2D eigenvalue weighted by Gasteiger charge is 2.16. The molecule has 0 radical (unpaired) electrons. The van der Waals surface area contributed by atoms with Crippen molar-refractivity contribution in [2.75, 3.05) is 65.5 Å². The van der Waals surface area contributed by atoms with Crippen LogP contribution in [0.5, 0.6) is 0 Å². The van der Waals surface area contributed by atoms with E-state index in [1.807, 2.05) is 6.92 Å². The molecule has 0 fully saturated rings. The molecule has 0 aliphatic rings. The van der Waals surface area contributed by atoms with Crippen LogP contribution in [-0.2, 0) is 28.8 Å². The van der Waals surface area contributed by atoms with Gasteiger partial charge in [-0.05, 0) is 0 Å². The molecule has 0 spiro atoms. The molecule has 0 aromatic rings. The monoisotopic (exact) mass is 562 g/mol. The quantitative estimate of drug-likeness (QED) is 0.101. The highest BCUT2D eigenvalue weighted by molar-refractivity contribution is 5.72. The number of likely N-dealkylation sites (N-methyl/N-ethyl adjacent to an activating group) is 1. The number of hydrogen-bond donors (Lipinski definition) is 9. The molecule has 0 aromatic heterocycles. The van der Waals surface area contributed by atoms with Crippen LogP contribution in [0.25, 0.3) is 0 Å². The van der Waals surface area contributed by atoms with Crippen molar-refractivity contribution in [3.63, 3.8) is 0 Å². The molecule has 38 heavy (non-hydrogen) atoms. The lowest BCUT2D eigenvalue weighted by Gasteiger charge is -2.24. The predicted molar refractivity (Wildman–Crippen MR) is 131 cm³/mol. The molecular formula is C20H42N4O14. The fourth-order valence-corrected chi connectivity index (χ4v) is 1.79. The van der Waals surface area contributed by atoms with Gasteiger partial charge in [-0.3, -0.25) is 38.6 Å². The first-order valence-corrected chi connectivity index (χ1v) is 10.8. The summed E-state index contributed by atoms with van der Waals surface area (Å²) in [6, 6.07) is 0. The number of carbonyl (C=O) groups is 6. The lowest BCUT2D eigenvalue weighted by Crippen LogP contribution is -2.42. The van der Waals surface area contributed by atoms with Crippen molar-refractivity contribution >= 4 is 35.8 Å². The molecule has 0 amide bonds. The third-order valence-electron chi connectivity index (χ3n) is 2.98. The van der Waals surface area contributed by atoms with Crippen LogP contribution in [0, 0.1) is 0 Å². The largest absolute Gasteiger partial charge is 0.481 e. The highest BCUT2D eigenvalue weighted by atomic mass is 16.5. The van der Waals surface area contributed by atoms with E-state index in [4.69, 9.17) is 61.1 Å². The topological polar surface area (TPSA) is 300 Å². The Bertz CT molecular complexity index is 607. The van der Waals surface area contributed by atoms with Crippen molar-refractivity contribution in [2.24, 2.45) is 5.73 Å². The Kier molecular flexibility index (Phi) is 37.1.